The first-order chi connectivity index (χ1) is 10.1. The van der Waals surface area contributed by atoms with E-state index in [9.17, 15) is 4.39 Å². The molecule has 6 heteroatoms. The number of H-pyrrole nitrogens is 1. The number of nitrogens with zero attached hydrogens (tertiary/aromatic N) is 4. The molecule has 104 valence electrons. The zero-order valence-electron chi connectivity index (χ0n) is 11.6. The maximum atomic E-state index is 14.2. The highest BCUT2D eigenvalue weighted by molar-refractivity contribution is 6.01. The van der Waals surface area contributed by atoms with Crippen LogP contribution in [-0.4, -0.2) is 29.0 Å². The van der Waals surface area contributed by atoms with Gasteiger partial charge in [-0.15, -0.1) is 0 Å². The van der Waals surface area contributed by atoms with Crippen LogP contribution in [0.15, 0.2) is 30.7 Å². The van der Waals surface area contributed by atoms with Crippen LogP contribution in [0.4, 0.5) is 10.2 Å². The van der Waals surface area contributed by atoms with Gasteiger partial charge in [0.05, 0.1) is 17.0 Å². The molecule has 0 bridgehead atoms. The fourth-order valence-corrected chi connectivity index (χ4v) is 2.30. The minimum Gasteiger partial charge on any atom is -0.362 e. The lowest BCUT2D eigenvalue weighted by Gasteiger charge is -2.13. The van der Waals surface area contributed by atoms with Crippen molar-refractivity contribution in [3.8, 4) is 17.2 Å². The van der Waals surface area contributed by atoms with E-state index in [1.807, 2.05) is 25.1 Å². The van der Waals surface area contributed by atoms with Crippen LogP contribution in [-0.2, 0) is 0 Å². The van der Waals surface area contributed by atoms with Crippen LogP contribution in [0, 0.1) is 17.1 Å². The molecule has 1 N–H and O–H groups in total. The number of hydrogen-bond donors (Lipinski definition) is 1. The monoisotopic (exact) mass is 281 g/mol. The van der Waals surface area contributed by atoms with Gasteiger partial charge in [-0.1, -0.05) is 0 Å². The van der Waals surface area contributed by atoms with Gasteiger partial charge < -0.3 is 9.88 Å². The summed E-state index contributed by atoms with van der Waals surface area (Å²) in [4.78, 5) is 13.3. The van der Waals surface area contributed by atoms with Crippen LogP contribution in [0.3, 0.4) is 0 Å². The summed E-state index contributed by atoms with van der Waals surface area (Å²) >= 11 is 0. The predicted octanol–water partition coefficient (Wildman–Crippen LogP) is 2.70. The maximum absolute atomic E-state index is 14.2. The minimum absolute atomic E-state index is 0.359. The molecule has 5 nitrogen and oxygen atoms in total. The van der Waals surface area contributed by atoms with Crippen molar-refractivity contribution in [3.63, 3.8) is 0 Å². The van der Waals surface area contributed by atoms with Gasteiger partial charge in [0.1, 0.15) is 23.6 Å². The predicted molar refractivity (Wildman–Crippen MR) is 78.3 cm³/mol. The molecule has 0 unspecified atom stereocenters. The van der Waals surface area contributed by atoms with E-state index in [1.54, 1.807) is 6.20 Å². The van der Waals surface area contributed by atoms with Crippen LogP contribution in [0.25, 0.3) is 22.2 Å². The molecular formula is C15H12FN5. The first-order valence-electron chi connectivity index (χ1n) is 6.31. The molecule has 0 atom stereocenters. The summed E-state index contributed by atoms with van der Waals surface area (Å²) in [7, 11) is 3.72. The van der Waals surface area contributed by atoms with Crippen molar-refractivity contribution in [3.05, 3.63) is 42.1 Å². The van der Waals surface area contributed by atoms with Crippen molar-refractivity contribution in [1.82, 2.24) is 15.0 Å². The van der Waals surface area contributed by atoms with Crippen LogP contribution < -0.4 is 4.90 Å². The van der Waals surface area contributed by atoms with Gasteiger partial charge in [0.25, 0.3) is 0 Å². The van der Waals surface area contributed by atoms with Crippen LogP contribution in [0.1, 0.15) is 5.56 Å². The zero-order valence-corrected chi connectivity index (χ0v) is 11.6. The van der Waals surface area contributed by atoms with Gasteiger partial charge in [0, 0.05) is 31.4 Å². The molecule has 21 heavy (non-hydrogen) atoms. The molecule has 0 saturated carbocycles. The third-order valence-electron chi connectivity index (χ3n) is 3.26. The van der Waals surface area contributed by atoms with E-state index in [-0.39, 0.29) is 5.82 Å². The van der Waals surface area contributed by atoms with E-state index in [0.29, 0.717) is 28.2 Å². The Kier molecular flexibility index (Phi) is 3.03. The van der Waals surface area contributed by atoms with Crippen LogP contribution in [0.5, 0.6) is 0 Å². The number of benzene rings is 1. The average molecular weight is 281 g/mol. The van der Waals surface area contributed by atoms with Gasteiger partial charge in [0.15, 0.2) is 0 Å². The number of nitriles is 1. The molecular weight excluding hydrogens is 269 g/mol. The lowest BCUT2D eigenvalue weighted by Crippen LogP contribution is -2.11. The van der Waals surface area contributed by atoms with Crippen molar-refractivity contribution < 1.29 is 4.39 Å². The Bertz CT molecular complexity index is 860. The third-order valence-corrected chi connectivity index (χ3v) is 3.26. The molecule has 1 aromatic carbocycles. The average Bonchev–Trinajstić information content (AvgIpc) is 2.91. The second kappa shape index (κ2) is 4.87. The van der Waals surface area contributed by atoms with Gasteiger partial charge in [-0.2, -0.15) is 5.26 Å². The van der Waals surface area contributed by atoms with E-state index >= 15 is 0 Å². The van der Waals surface area contributed by atoms with Crippen molar-refractivity contribution in [1.29, 1.82) is 5.26 Å². The van der Waals surface area contributed by atoms with Gasteiger partial charge in [-0.3, -0.25) is 0 Å². The third kappa shape index (κ3) is 2.09. The van der Waals surface area contributed by atoms with Gasteiger partial charge in [-0.25, -0.2) is 14.4 Å². The zero-order chi connectivity index (χ0) is 15.0. The first-order valence-corrected chi connectivity index (χ1v) is 6.31. The minimum atomic E-state index is -0.386. The Balaban J connectivity index is 2.34. The molecule has 0 spiro atoms. The second-order valence-electron chi connectivity index (χ2n) is 4.82. The number of hydrogen-bond acceptors (Lipinski definition) is 4. The normalized spacial score (nSPS) is 10.6. The van der Waals surface area contributed by atoms with Crippen LogP contribution in [0.2, 0.25) is 0 Å². The van der Waals surface area contributed by atoms with Crippen molar-refractivity contribution in [2.75, 3.05) is 19.0 Å². The maximum Gasteiger partial charge on any atom is 0.143 e. The highest BCUT2D eigenvalue weighted by Crippen LogP contribution is 2.34. The summed E-state index contributed by atoms with van der Waals surface area (Å²) in [5.41, 5.74) is 2.04. The summed E-state index contributed by atoms with van der Waals surface area (Å²) in [6.45, 7) is 0. The standard InChI is InChI=1S/C15H12FN5/c1-21(2)15-13-11(7-18-14(13)19-8-20-15)10-5-9(6-17)3-4-12(10)16/h3-5,7-8H,1-2H3,(H,18,19,20). The van der Waals surface area contributed by atoms with E-state index in [2.05, 4.69) is 15.0 Å². The molecule has 0 aliphatic heterocycles. The summed E-state index contributed by atoms with van der Waals surface area (Å²) < 4.78 is 14.2. The Morgan fingerprint density at radius 2 is 2.05 bits per heavy atom. The topological polar surface area (TPSA) is 68.6 Å². The fraction of sp³-hybridized carbons (Fsp3) is 0.133. The summed E-state index contributed by atoms with van der Waals surface area (Å²) in [6.07, 6.45) is 3.14. The molecule has 2 heterocycles. The Morgan fingerprint density at radius 3 is 2.76 bits per heavy atom. The molecule has 0 aliphatic rings. The number of fused-ring (bicyclic) bond motifs is 1. The molecule has 0 aliphatic carbocycles. The molecule has 0 saturated heterocycles. The van der Waals surface area contributed by atoms with E-state index in [1.165, 1.54) is 24.5 Å². The number of halogens is 1. The number of rotatable bonds is 2. The number of anilines is 1. The van der Waals surface area contributed by atoms with E-state index < -0.39 is 0 Å². The summed E-state index contributed by atoms with van der Waals surface area (Å²) in [5.74, 6) is 0.307. The lowest BCUT2D eigenvalue weighted by atomic mass is 10.0. The SMILES string of the molecule is CN(C)c1ncnc2[nH]cc(-c3cc(C#N)ccc3F)c12. The van der Waals surface area contributed by atoms with E-state index in [4.69, 9.17) is 5.26 Å². The van der Waals surface area contributed by atoms with Crippen molar-refractivity contribution in [2.45, 2.75) is 0 Å². The number of aromatic amines is 1. The molecule has 3 rings (SSSR count). The summed E-state index contributed by atoms with van der Waals surface area (Å²) in [5, 5.41) is 9.73. The smallest absolute Gasteiger partial charge is 0.143 e. The molecule has 2 aromatic heterocycles. The largest absolute Gasteiger partial charge is 0.362 e. The fourth-order valence-electron chi connectivity index (χ4n) is 2.30. The Labute approximate surface area is 120 Å². The molecule has 0 fully saturated rings. The highest BCUT2D eigenvalue weighted by Gasteiger charge is 2.16. The van der Waals surface area contributed by atoms with Gasteiger partial charge >= 0.3 is 0 Å². The first kappa shape index (κ1) is 13.1. The molecule has 0 radical (unpaired) electrons. The quantitative estimate of drug-likeness (QED) is 0.784. The molecule has 0 amide bonds. The Morgan fingerprint density at radius 1 is 1.24 bits per heavy atom. The summed E-state index contributed by atoms with van der Waals surface area (Å²) in [6, 6.07) is 6.31. The number of aromatic nitrogens is 3. The van der Waals surface area contributed by atoms with Crippen molar-refractivity contribution in [2.24, 2.45) is 0 Å². The Hall–Kier alpha value is -2.94. The van der Waals surface area contributed by atoms with E-state index in [0.717, 1.165) is 5.39 Å². The highest BCUT2D eigenvalue weighted by atomic mass is 19.1. The van der Waals surface area contributed by atoms with Gasteiger partial charge in [0.2, 0.25) is 0 Å². The second-order valence-corrected chi connectivity index (χ2v) is 4.82. The van der Waals surface area contributed by atoms with Gasteiger partial charge in [-0.05, 0) is 18.2 Å². The molecule has 3 aromatic rings. The van der Waals surface area contributed by atoms with Crippen LogP contribution >= 0.6 is 0 Å². The van der Waals surface area contributed by atoms with Crippen molar-refractivity contribution >= 4 is 16.9 Å². The number of nitrogens with one attached hydrogen (secondary N) is 1. The lowest BCUT2D eigenvalue weighted by molar-refractivity contribution is 0.631.